The first kappa shape index (κ1) is 12.5. The lowest BCUT2D eigenvalue weighted by Gasteiger charge is -2.25. The van der Waals surface area contributed by atoms with Crippen LogP contribution in [0.15, 0.2) is 0 Å². The second kappa shape index (κ2) is 6.08. The molecule has 0 aromatic carbocycles. The third kappa shape index (κ3) is 4.18. The molecule has 1 aliphatic rings. The van der Waals surface area contributed by atoms with Gasteiger partial charge in [-0.25, -0.2) is 0 Å². The highest BCUT2D eigenvalue weighted by Gasteiger charge is 2.30. The Kier molecular flexibility index (Phi) is 5.05. The number of nitrogens with two attached hydrogens (primary N) is 1. The van der Waals surface area contributed by atoms with E-state index in [0.717, 1.165) is 26.1 Å². The van der Waals surface area contributed by atoms with Crippen molar-refractivity contribution in [3.05, 3.63) is 0 Å². The van der Waals surface area contributed by atoms with Gasteiger partial charge in [-0.05, 0) is 32.4 Å². The standard InChI is InChI=1S/C11H23N3O/c1-3-7-13-10(11(12)15)8-14(4-2)9-5-6-9/h9-10,13H,3-8H2,1-2H3,(H2,12,15). The van der Waals surface area contributed by atoms with Crippen LogP contribution < -0.4 is 11.1 Å². The molecule has 15 heavy (non-hydrogen) atoms. The van der Waals surface area contributed by atoms with E-state index in [4.69, 9.17) is 5.73 Å². The summed E-state index contributed by atoms with van der Waals surface area (Å²) in [7, 11) is 0. The van der Waals surface area contributed by atoms with E-state index in [-0.39, 0.29) is 11.9 Å². The monoisotopic (exact) mass is 213 g/mol. The van der Waals surface area contributed by atoms with Crippen LogP contribution in [0.4, 0.5) is 0 Å². The van der Waals surface area contributed by atoms with Gasteiger partial charge < -0.3 is 11.1 Å². The van der Waals surface area contributed by atoms with Gasteiger partial charge in [-0.1, -0.05) is 13.8 Å². The molecule has 0 heterocycles. The van der Waals surface area contributed by atoms with Gasteiger partial charge in [0.15, 0.2) is 0 Å². The summed E-state index contributed by atoms with van der Waals surface area (Å²) in [6, 6.07) is 0.505. The van der Waals surface area contributed by atoms with Crippen LogP contribution in [-0.4, -0.2) is 42.5 Å². The minimum atomic E-state index is -0.234. The molecule has 1 rings (SSSR count). The fraction of sp³-hybridized carbons (Fsp3) is 0.909. The number of carbonyl (C=O) groups is 1. The zero-order chi connectivity index (χ0) is 11.3. The van der Waals surface area contributed by atoms with Crippen molar-refractivity contribution in [2.75, 3.05) is 19.6 Å². The van der Waals surface area contributed by atoms with Gasteiger partial charge in [0.05, 0.1) is 6.04 Å². The predicted molar refractivity (Wildman–Crippen MR) is 61.5 cm³/mol. The molecule has 0 aromatic rings. The summed E-state index contributed by atoms with van der Waals surface area (Å²) in [5.41, 5.74) is 5.37. The maximum atomic E-state index is 11.2. The first-order valence-corrected chi connectivity index (χ1v) is 5.95. The highest BCUT2D eigenvalue weighted by molar-refractivity contribution is 5.80. The number of likely N-dealkylation sites (N-methyl/N-ethyl adjacent to an activating group) is 1. The molecule has 3 N–H and O–H groups in total. The Morgan fingerprint density at radius 1 is 1.53 bits per heavy atom. The summed E-state index contributed by atoms with van der Waals surface area (Å²) < 4.78 is 0. The van der Waals surface area contributed by atoms with Crippen LogP contribution in [0.1, 0.15) is 33.1 Å². The maximum absolute atomic E-state index is 11.2. The summed E-state index contributed by atoms with van der Waals surface area (Å²) in [6.45, 7) is 6.84. The van der Waals surface area contributed by atoms with Crippen LogP contribution in [0.2, 0.25) is 0 Å². The fourth-order valence-corrected chi connectivity index (χ4v) is 1.78. The molecular formula is C11H23N3O. The molecule has 1 fully saturated rings. The van der Waals surface area contributed by atoms with E-state index in [0.29, 0.717) is 6.04 Å². The molecule has 1 aliphatic carbocycles. The first-order valence-electron chi connectivity index (χ1n) is 5.95. The molecule has 4 nitrogen and oxygen atoms in total. The van der Waals surface area contributed by atoms with Crippen LogP contribution in [0.3, 0.4) is 0 Å². The largest absolute Gasteiger partial charge is 0.368 e. The number of rotatable bonds is 8. The van der Waals surface area contributed by atoms with Crippen molar-refractivity contribution in [2.24, 2.45) is 5.73 Å². The van der Waals surface area contributed by atoms with Gasteiger partial charge >= 0.3 is 0 Å². The Bertz CT molecular complexity index is 204. The van der Waals surface area contributed by atoms with Crippen LogP contribution in [-0.2, 0) is 4.79 Å². The number of nitrogens with zero attached hydrogens (tertiary/aromatic N) is 1. The van der Waals surface area contributed by atoms with Crippen molar-refractivity contribution < 1.29 is 4.79 Å². The molecule has 0 radical (unpaired) electrons. The molecule has 1 unspecified atom stereocenters. The van der Waals surface area contributed by atoms with Crippen molar-refractivity contribution in [1.29, 1.82) is 0 Å². The van der Waals surface area contributed by atoms with Crippen LogP contribution in [0.25, 0.3) is 0 Å². The second-order valence-corrected chi connectivity index (χ2v) is 4.23. The molecule has 0 saturated heterocycles. The number of carbonyl (C=O) groups excluding carboxylic acids is 1. The summed E-state index contributed by atoms with van der Waals surface area (Å²) in [5.74, 6) is -0.234. The summed E-state index contributed by atoms with van der Waals surface area (Å²) in [5, 5.41) is 3.20. The van der Waals surface area contributed by atoms with Crippen molar-refractivity contribution in [3.8, 4) is 0 Å². The Morgan fingerprint density at radius 2 is 2.20 bits per heavy atom. The molecule has 0 bridgehead atoms. The van der Waals surface area contributed by atoms with Gasteiger partial charge in [-0.3, -0.25) is 9.69 Å². The van der Waals surface area contributed by atoms with Gasteiger partial charge in [0.2, 0.25) is 5.91 Å². The SMILES string of the molecule is CCCNC(CN(CC)C1CC1)C(N)=O. The third-order valence-corrected chi connectivity index (χ3v) is 2.87. The van der Waals surface area contributed by atoms with E-state index in [1.165, 1.54) is 12.8 Å². The number of hydrogen-bond donors (Lipinski definition) is 2. The average molecular weight is 213 g/mol. The first-order chi connectivity index (χ1) is 7.19. The molecule has 0 aliphatic heterocycles. The third-order valence-electron chi connectivity index (χ3n) is 2.87. The second-order valence-electron chi connectivity index (χ2n) is 4.23. The number of amides is 1. The van der Waals surface area contributed by atoms with E-state index in [9.17, 15) is 4.79 Å². The highest BCUT2D eigenvalue weighted by Crippen LogP contribution is 2.26. The van der Waals surface area contributed by atoms with Crippen molar-refractivity contribution in [3.63, 3.8) is 0 Å². The molecule has 4 heteroatoms. The minimum absolute atomic E-state index is 0.189. The van der Waals surface area contributed by atoms with E-state index in [2.05, 4.69) is 24.1 Å². The van der Waals surface area contributed by atoms with Gasteiger partial charge in [0, 0.05) is 12.6 Å². The van der Waals surface area contributed by atoms with E-state index in [1.54, 1.807) is 0 Å². The van der Waals surface area contributed by atoms with E-state index >= 15 is 0 Å². The zero-order valence-corrected chi connectivity index (χ0v) is 9.83. The summed E-state index contributed by atoms with van der Waals surface area (Å²) >= 11 is 0. The highest BCUT2D eigenvalue weighted by atomic mass is 16.1. The molecule has 88 valence electrons. The summed E-state index contributed by atoms with van der Waals surface area (Å²) in [4.78, 5) is 13.6. The molecular weight excluding hydrogens is 190 g/mol. The Hall–Kier alpha value is -0.610. The molecule has 1 saturated carbocycles. The molecule has 1 amide bonds. The lowest BCUT2D eigenvalue weighted by Crippen LogP contribution is -2.49. The number of nitrogens with one attached hydrogen (secondary N) is 1. The normalized spacial score (nSPS) is 18.1. The van der Waals surface area contributed by atoms with Gasteiger partial charge in [0.25, 0.3) is 0 Å². The fourth-order valence-electron chi connectivity index (χ4n) is 1.78. The van der Waals surface area contributed by atoms with Crippen molar-refractivity contribution in [1.82, 2.24) is 10.2 Å². The van der Waals surface area contributed by atoms with Crippen LogP contribution >= 0.6 is 0 Å². The topological polar surface area (TPSA) is 58.4 Å². The van der Waals surface area contributed by atoms with Gasteiger partial charge in [-0.15, -0.1) is 0 Å². The predicted octanol–water partition coefficient (Wildman–Crippen LogP) is 0.324. The number of hydrogen-bond acceptors (Lipinski definition) is 3. The average Bonchev–Trinajstić information content (AvgIpc) is 3.01. The molecule has 1 atom stereocenters. The molecule has 0 aromatic heterocycles. The quantitative estimate of drug-likeness (QED) is 0.610. The molecule has 0 spiro atoms. The van der Waals surface area contributed by atoms with Gasteiger partial charge in [-0.2, -0.15) is 0 Å². The zero-order valence-electron chi connectivity index (χ0n) is 9.83. The van der Waals surface area contributed by atoms with Crippen molar-refractivity contribution in [2.45, 2.75) is 45.2 Å². The Balaban J connectivity index is 2.37. The maximum Gasteiger partial charge on any atom is 0.235 e. The van der Waals surface area contributed by atoms with Crippen LogP contribution in [0.5, 0.6) is 0 Å². The van der Waals surface area contributed by atoms with Gasteiger partial charge in [0.1, 0.15) is 0 Å². The van der Waals surface area contributed by atoms with Crippen molar-refractivity contribution >= 4 is 5.91 Å². The Labute approximate surface area is 92.2 Å². The minimum Gasteiger partial charge on any atom is -0.368 e. The lowest BCUT2D eigenvalue weighted by atomic mass is 10.2. The Morgan fingerprint density at radius 3 is 2.60 bits per heavy atom. The smallest absolute Gasteiger partial charge is 0.235 e. The lowest BCUT2D eigenvalue weighted by molar-refractivity contribution is -0.120. The number of primary amides is 1. The van der Waals surface area contributed by atoms with E-state index < -0.39 is 0 Å². The summed E-state index contributed by atoms with van der Waals surface area (Å²) in [6.07, 6.45) is 3.57. The van der Waals surface area contributed by atoms with E-state index in [1.807, 2.05) is 0 Å². The van der Waals surface area contributed by atoms with Crippen LogP contribution in [0, 0.1) is 0 Å².